The minimum atomic E-state index is -0.900. The number of carbonyl (C=O) groups is 2. The Bertz CT molecular complexity index is 532. The van der Waals surface area contributed by atoms with Gasteiger partial charge in [-0.25, -0.2) is 4.79 Å². The molecule has 1 fully saturated rings. The molecular formula is C16H21NO3S. The van der Waals surface area contributed by atoms with Crippen LogP contribution in [0.25, 0.3) is 0 Å². The van der Waals surface area contributed by atoms with Crippen molar-refractivity contribution < 1.29 is 14.7 Å². The summed E-state index contributed by atoms with van der Waals surface area (Å²) in [6.07, 6.45) is 4.32. The summed E-state index contributed by atoms with van der Waals surface area (Å²) < 4.78 is 0. The van der Waals surface area contributed by atoms with Crippen LogP contribution in [-0.4, -0.2) is 40.7 Å². The summed E-state index contributed by atoms with van der Waals surface area (Å²) in [6.45, 7) is 2.60. The Balaban J connectivity index is 2.26. The van der Waals surface area contributed by atoms with Gasteiger partial charge in [0.25, 0.3) is 5.91 Å². The molecule has 0 radical (unpaired) electrons. The maximum absolute atomic E-state index is 12.7. The van der Waals surface area contributed by atoms with E-state index in [0.29, 0.717) is 24.4 Å². The highest BCUT2D eigenvalue weighted by Crippen LogP contribution is 2.29. The lowest BCUT2D eigenvalue weighted by Gasteiger charge is -2.37. The van der Waals surface area contributed by atoms with Gasteiger partial charge in [0, 0.05) is 11.4 Å². The standard InChI is InChI=1S/C16H21NO3S/c1-3-11-8-9-17(13(10-11)16(19)20)15(18)12-6-4-5-7-14(12)21-2/h4-7,11,13H,3,8-10H2,1-2H3,(H,19,20). The molecule has 1 aliphatic heterocycles. The summed E-state index contributed by atoms with van der Waals surface area (Å²) in [7, 11) is 0. The SMILES string of the molecule is CCC1CCN(C(=O)c2ccccc2SC)C(C(=O)O)C1. The molecule has 0 aromatic heterocycles. The molecule has 0 bridgehead atoms. The first-order valence-electron chi connectivity index (χ1n) is 7.25. The summed E-state index contributed by atoms with van der Waals surface area (Å²) in [5, 5.41) is 9.45. The molecule has 2 unspecified atom stereocenters. The van der Waals surface area contributed by atoms with Crippen LogP contribution in [0.4, 0.5) is 0 Å². The highest BCUT2D eigenvalue weighted by atomic mass is 32.2. The predicted octanol–water partition coefficient (Wildman–Crippen LogP) is 3.12. The van der Waals surface area contributed by atoms with E-state index in [1.165, 1.54) is 16.7 Å². The lowest BCUT2D eigenvalue weighted by molar-refractivity contribution is -0.144. The maximum Gasteiger partial charge on any atom is 0.326 e. The predicted molar refractivity (Wildman–Crippen MR) is 83.7 cm³/mol. The van der Waals surface area contributed by atoms with E-state index in [-0.39, 0.29) is 5.91 Å². The van der Waals surface area contributed by atoms with Gasteiger partial charge in [-0.15, -0.1) is 11.8 Å². The number of hydrogen-bond acceptors (Lipinski definition) is 3. The van der Waals surface area contributed by atoms with Gasteiger partial charge in [0.1, 0.15) is 6.04 Å². The molecule has 0 spiro atoms. The van der Waals surface area contributed by atoms with Crippen molar-refractivity contribution in [3.63, 3.8) is 0 Å². The summed E-state index contributed by atoms with van der Waals surface area (Å²) in [5.41, 5.74) is 0.603. The summed E-state index contributed by atoms with van der Waals surface area (Å²) in [4.78, 5) is 26.7. The molecule has 0 saturated carbocycles. The Labute approximate surface area is 129 Å². The number of likely N-dealkylation sites (tertiary alicyclic amines) is 1. The van der Waals surface area contributed by atoms with Crippen LogP contribution in [-0.2, 0) is 4.79 Å². The number of rotatable bonds is 4. The van der Waals surface area contributed by atoms with Crippen molar-refractivity contribution in [1.82, 2.24) is 4.90 Å². The van der Waals surface area contributed by atoms with Crippen molar-refractivity contribution in [3.8, 4) is 0 Å². The fraction of sp³-hybridized carbons (Fsp3) is 0.500. The number of aliphatic carboxylic acids is 1. The molecule has 21 heavy (non-hydrogen) atoms. The number of benzene rings is 1. The third kappa shape index (κ3) is 3.40. The van der Waals surface area contributed by atoms with Crippen molar-refractivity contribution in [3.05, 3.63) is 29.8 Å². The van der Waals surface area contributed by atoms with Crippen LogP contribution in [0.2, 0.25) is 0 Å². The van der Waals surface area contributed by atoms with Gasteiger partial charge in [-0.3, -0.25) is 4.79 Å². The monoisotopic (exact) mass is 307 g/mol. The topological polar surface area (TPSA) is 57.6 Å². The van der Waals surface area contributed by atoms with Gasteiger partial charge in [-0.1, -0.05) is 25.5 Å². The molecule has 1 heterocycles. The van der Waals surface area contributed by atoms with Crippen LogP contribution in [0.15, 0.2) is 29.2 Å². The van der Waals surface area contributed by atoms with E-state index >= 15 is 0 Å². The molecule has 1 N–H and O–H groups in total. The number of carboxylic acids is 1. The number of piperidine rings is 1. The van der Waals surface area contributed by atoms with E-state index < -0.39 is 12.0 Å². The molecule has 114 valence electrons. The number of amides is 1. The number of thioether (sulfide) groups is 1. The molecule has 0 aliphatic carbocycles. The molecule has 1 aromatic carbocycles. The fourth-order valence-corrected chi connectivity index (χ4v) is 3.45. The van der Waals surface area contributed by atoms with Crippen molar-refractivity contribution in [2.24, 2.45) is 5.92 Å². The van der Waals surface area contributed by atoms with E-state index in [2.05, 4.69) is 6.92 Å². The third-order valence-electron chi connectivity index (χ3n) is 4.17. The van der Waals surface area contributed by atoms with Gasteiger partial charge in [-0.2, -0.15) is 0 Å². The van der Waals surface area contributed by atoms with Crippen LogP contribution < -0.4 is 0 Å². The molecule has 1 amide bonds. The van der Waals surface area contributed by atoms with Crippen LogP contribution >= 0.6 is 11.8 Å². The number of carbonyl (C=O) groups excluding carboxylic acids is 1. The molecular weight excluding hydrogens is 286 g/mol. The van der Waals surface area contributed by atoms with Crippen LogP contribution in [0, 0.1) is 5.92 Å². The van der Waals surface area contributed by atoms with E-state index in [4.69, 9.17) is 0 Å². The maximum atomic E-state index is 12.7. The van der Waals surface area contributed by atoms with Gasteiger partial charge in [0.2, 0.25) is 0 Å². The lowest BCUT2D eigenvalue weighted by Crippen LogP contribution is -2.50. The largest absolute Gasteiger partial charge is 0.480 e. The molecule has 1 aromatic rings. The van der Waals surface area contributed by atoms with Gasteiger partial charge >= 0.3 is 5.97 Å². The number of nitrogens with zero attached hydrogens (tertiary/aromatic N) is 1. The Kier molecular flexibility index (Phi) is 5.28. The lowest BCUT2D eigenvalue weighted by atomic mass is 9.88. The zero-order chi connectivity index (χ0) is 15.4. The molecule has 4 nitrogen and oxygen atoms in total. The Morgan fingerprint density at radius 1 is 1.38 bits per heavy atom. The third-order valence-corrected chi connectivity index (χ3v) is 4.97. The van der Waals surface area contributed by atoms with E-state index in [1.807, 2.05) is 24.5 Å². The van der Waals surface area contributed by atoms with E-state index in [9.17, 15) is 14.7 Å². The first-order valence-corrected chi connectivity index (χ1v) is 8.47. The average Bonchev–Trinajstić information content (AvgIpc) is 2.53. The van der Waals surface area contributed by atoms with Crippen molar-refractivity contribution in [2.45, 2.75) is 37.1 Å². The van der Waals surface area contributed by atoms with Crippen LogP contribution in [0.3, 0.4) is 0 Å². The Hall–Kier alpha value is -1.49. The van der Waals surface area contributed by atoms with Gasteiger partial charge in [0.05, 0.1) is 5.56 Å². The normalized spacial score (nSPS) is 22.1. The molecule has 1 saturated heterocycles. The quantitative estimate of drug-likeness (QED) is 0.868. The highest BCUT2D eigenvalue weighted by molar-refractivity contribution is 7.98. The first kappa shape index (κ1) is 15.9. The molecule has 5 heteroatoms. The summed E-state index contributed by atoms with van der Waals surface area (Å²) in [6, 6.07) is 6.68. The highest BCUT2D eigenvalue weighted by Gasteiger charge is 2.36. The molecule has 2 atom stereocenters. The van der Waals surface area contributed by atoms with Gasteiger partial charge < -0.3 is 10.0 Å². The van der Waals surface area contributed by atoms with Crippen molar-refractivity contribution in [1.29, 1.82) is 0 Å². The van der Waals surface area contributed by atoms with E-state index in [1.54, 1.807) is 6.07 Å². The zero-order valence-electron chi connectivity index (χ0n) is 12.4. The minimum Gasteiger partial charge on any atom is -0.480 e. The smallest absolute Gasteiger partial charge is 0.326 e. The van der Waals surface area contributed by atoms with Crippen molar-refractivity contribution >= 4 is 23.6 Å². The van der Waals surface area contributed by atoms with Crippen molar-refractivity contribution in [2.75, 3.05) is 12.8 Å². The first-order chi connectivity index (χ1) is 10.1. The summed E-state index contributed by atoms with van der Waals surface area (Å²) >= 11 is 1.51. The number of hydrogen-bond donors (Lipinski definition) is 1. The van der Waals surface area contributed by atoms with Gasteiger partial charge in [0.15, 0.2) is 0 Å². The van der Waals surface area contributed by atoms with Crippen LogP contribution in [0.5, 0.6) is 0 Å². The summed E-state index contributed by atoms with van der Waals surface area (Å²) in [5.74, 6) is -0.670. The molecule has 1 aliphatic rings. The second-order valence-corrected chi connectivity index (χ2v) is 6.20. The second-order valence-electron chi connectivity index (χ2n) is 5.35. The Morgan fingerprint density at radius 2 is 2.10 bits per heavy atom. The average molecular weight is 307 g/mol. The zero-order valence-corrected chi connectivity index (χ0v) is 13.2. The van der Waals surface area contributed by atoms with Crippen LogP contribution in [0.1, 0.15) is 36.5 Å². The second kappa shape index (κ2) is 6.98. The minimum absolute atomic E-state index is 0.165. The fourth-order valence-electron chi connectivity index (χ4n) is 2.86. The Morgan fingerprint density at radius 3 is 2.71 bits per heavy atom. The van der Waals surface area contributed by atoms with Gasteiger partial charge in [-0.05, 0) is 37.1 Å². The molecule has 2 rings (SSSR count). The number of carboxylic acid groups (broad SMARTS) is 1. The van der Waals surface area contributed by atoms with E-state index in [0.717, 1.165) is 17.7 Å².